The SMILES string of the molecule is O=c1[nH]ncc2nc(Oc3ccccc3)ccc12. The molecule has 0 spiro atoms. The zero-order valence-electron chi connectivity index (χ0n) is 9.33. The van der Waals surface area contributed by atoms with Crippen LogP contribution in [0.4, 0.5) is 0 Å². The van der Waals surface area contributed by atoms with Gasteiger partial charge in [-0.25, -0.2) is 10.1 Å². The van der Waals surface area contributed by atoms with Crippen LogP contribution in [-0.2, 0) is 0 Å². The summed E-state index contributed by atoms with van der Waals surface area (Å²) in [6, 6.07) is 12.7. The van der Waals surface area contributed by atoms with E-state index in [0.29, 0.717) is 22.5 Å². The van der Waals surface area contributed by atoms with E-state index in [4.69, 9.17) is 4.74 Å². The molecule has 1 N–H and O–H groups in total. The van der Waals surface area contributed by atoms with Gasteiger partial charge in [0.15, 0.2) is 0 Å². The van der Waals surface area contributed by atoms with Gasteiger partial charge < -0.3 is 4.74 Å². The molecule has 0 aliphatic carbocycles. The highest BCUT2D eigenvalue weighted by molar-refractivity contribution is 5.76. The first kappa shape index (κ1) is 10.5. The number of rotatable bonds is 2. The van der Waals surface area contributed by atoms with Crippen molar-refractivity contribution in [1.29, 1.82) is 0 Å². The van der Waals surface area contributed by atoms with Gasteiger partial charge in [-0.3, -0.25) is 4.79 Å². The molecule has 0 aliphatic rings. The number of benzene rings is 1. The number of aromatic amines is 1. The number of ether oxygens (including phenoxy) is 1. The van der Waals surface area contributed by atoms with E-state index in [1.165, 1.54) is 6.20 Å². The van der Waals surface area contributed by atoms with Crippen LogP contribution in [0, 0.1) is 0 Å². The molecular formula is C13H9N3O2. The molecule has 0 saturated heterocycles. The first-order valence-corrected chi connectivity index (χ1v) is 5.40. The Labute approximate surface area is 102 Å². The summed E-state index contributed by atoms with van der Waals surface area (Å²) in [4.78, 5) is 15.7. The van der Waals surface area contributed by atoms with Gasteiger partial charge in [-0.2, -0.15) is 5.10 Å². The molecule has 5 heteroatoms. The molecule has 0 amide bonds. The Kier molecular flexibility index (Phi) is 2.49. The fourth-order valence-corrected chi connectivity index (χ4v) is 1.63. The first-order valence-electron chi connectivity index (χ1n) is 5.40. The summed E-state index contributed by atoms with van der Waals surface area (Å²) in [5, 5.41) is 6.55. The van der Waals surface area contributed by atoms with Gasteiger partial charge in [-0.1, -0.05) is 18.2 Å². The molecule has 0 aliphatic heterocycles. The zero-order chi connectivity index (χ0) is 12.4. The lowest BCUT2D eigenvalue weighted by Crippen LogP contribution is -2.08. The molecule has 2 heterocycles. The monoisotopic (exact) mass is 239 g/mol. The van der Waals surface area contributed by atoms with Crippen molar-refractivity contribution in [2.45, 2.75) is 0 Å². The second-order valence-electron chi connectivity index (χ2n) is 3.70. The third-order valence-electron chi connectivity index (χ3n) is 2.46. The molecule has 0 saturated carbocycles. The minimum absolute atomic E-state index is 0.258. The molecule has 0 radical (unpaired) electrons. The zero-order valence-corrected chi connectivity index (χ0v) is 9.33. The van der Waals surface area contributed by atoms with E-state index in [9.17, 15) is 4.79 Å². The average Bonchev–Trinajstić information content (AvgIpc) is 2.40. The molecule has 18 heavy (non-hydrogen) atoms. The summed E-state index contributed by atoms with van der Waals surface area (Å²) < 4.78 is 5.58. The third kappa shape index (κ3) is 1.93. The highest BCUT2D eigenvalue weighted by Gasteiger charge is 2.03. The van der Waals surface area contributed by atoms with E-state index < -0.39 is 0 Å². The molecule has 0 bridgehead atoms. The molecule has 3 aromatic rings. The number of hydrogen-bond acceptors (Lipinski definition) is 4. The smallest absolute Gasteiger partial charge is 0.273 e. The fourth-order valence-electron chi connectivity index (χ4n) is 1.63. The predicted octanol–water partition coefficient (Wildman–Crippen LogP) is 2.11. The van der Waals surface area contributed by atoms with Crippen molar-refractivity contribution < 1.29 is 4.74 Å². The third-order valence-corrected chi connectivity index (χ3v) is 2.46. The Balaban J connectivity index is 2.02. The lowest BCUT2D eigenvalue weighted by Gasteiger charge is -2.04. The van der Waals surface area contributed by atoms with Crippen LogP contribution in [0.5, 0.6) is 11.6 Å². The summed E-state index contributed by atoms with van der Waals surface area (Å²) in [5.41, 5.74) is 0.249. The van der Waals surface area contributed by atoms with Crippen molar-refractivity contribution in [2.24, 2.45) is 0 Å². The quantitative estimate of drug-likeness (QED) is 0.743. The summed E-state index contributed by atoms with van der Waals surface area (Å²) in [5.74, 6) is 1.13. The van der Waals surface area contributed by atoms with E-state index in [-0.39, 0.29) is 5.56 Å². The van der Waals surface area contributed by atoms with Gasteiger partial charge in [-0.05, 0) is 18.2 Å². The van der Waals surface area contributed by atoms with Gasteiger partial charge >= 0.3 is 0 Å². The van der Waals surface area contributed by atoms with Crippen molar-refractivity contribution in [3.05, 3.63) is 59.0 Å². The Morgan fingerprint density at radius 1 is 1.06 bits per heavy atom. The van der Waals surface area contributed by atoms with Crippen LogP contribution in [0.3, 0.4) is 0 Å². The Hall–Kier alpha value is -2.69. The van der Waals surface area contributed by atoms with Gasteiger partial charge in [0.05, 0.1) is 17.1 Å². The van der Waals surface area contributed by atoms with Crippen molar-refractivity contribution in [3.8, 4) is 11.6 Å². The Bertz CT molecular complexity index is 738. The number of para-hydroxylation sites is 1. The van der Waals surface area contributed by atoms with Crippen LogP contribution in [0.15, 0.2) is 53.5 Å². The van der Waals surface area contributed by atoms with Crippen LogP contribution < -0.4 is 10.3 Å². The van der Waals surface area contributed by atoms with Crippen molar-refractivity contribution >= 4 is 10.9 Å². The van der Waals surface area contributed by atoms with Crippen molar-refractivity contribution in [1.82, 2.24) is 15.2 Å². The second-order valence-corrected chi connectivity index (χ2v) is 3.70. The van der Waals surface area contributed by atoms with Crippen LogP contribution >= 0.6 is 0 Å². The molecule has 1 aromatic carbocycles. The van der Waals surface area contributed by atoms with Crippen molar-refractivity contribution in [3.63, 3.8) is 0 Å². The van der Waals surface area contributed by atoms with Gasteiger partial charge in [0.25, 0.3) is 5.56 Å². The predicted molar refractivity (Wildman–Crippen MR) is 66.7 cm³/mol. The van der Waals surface area contributed by atoms with Crippen LogP contribution in [-0.4, -0.2) is 15.2 Å². The number of aromatic nitrogens is 3. The number of fused-ring (bicyclic) bond motifs is 1. The molecule has 0 fully saturated rings. The maximum atomic E-state index is 11.4. The van der Waals surface area contributed by atoms with Gasteiger partial charge in [-0.15, -0.1) is 0 Å². The second kappa shape index (κ2) is 4.29. The normalized spacial score (nSPS) is 10.4. The van der Waals surface area contributed by atoms with Gasteiger partial charge in [0.1, 0.15) is 5.75 Å². The van der Waals surface area contributed by atoms with E-state index in [2.05, 4.69) is 15.2 Å². The van der Waals surface area contributed by atoms with Crippen molar-refractivity contribution in [2.75, 3.05) is 0 Å². The number of nitrogens with one attached hydrogen (secondary N) is 1. The molecular weight excluding hydrogens is 230 g/mol. The molecule has 0 atom stereocenters. The van der Waals surface area contributed by atoms with Gasteiger partial charge in [0, 0.05) is 6.07 Å². The highest BCUT2D eigenvalue weighted by Crippen LogP contribution is 2.20. The summed E-state index contributed by atoms with van der Waals surface area (Å²) in [6.07, 6.45) is 1.49. The highest BCUT2D eigenvalue weighted by atomic mass is 16.5. The average molecular weight is 239 g/mol. The minimum atomic E-state index is -0.258. The van der Waals surface area contributed by atoms with Crippen LogP contribution in [0.1, 0.15) is 0 Å². The molecule has 0 unspecified atom stereocenters. The van der Waals surface area contributed by atoms with E-state index in [1.54, 1.807) is 12.1 Å². The van der Waals surface area contributed by atoms with Crippen LogP contribution in [0.2, 0.25) is 0 Å². The Morgan fingerprint density at radius 2 is 1.89 bits per heavy atom. The van der Waals surface area contributed by atoms with E-state index in [1.807, 2.05) is 30.3 Å². The standard InChI is InChI=1S/C13H9N3O2/c17-13-10-6-7-12(15-11(10)8-14-16-13)18-9-4-2-1-3-5-9/h1-8H,(H,16,17). The maximum absolute atomic E-state index is 11.4. The van der Waals surface area contributed by atoms with E-state index >= 15 is 0 Å². The molecule has 3 rings (SSSR count). The van der Waals surface area contributed by atoms with Crippen LogP contribution in [0.25, 0.3) is 10.9 Å². The molecule has 5 nitrogen and oxygen atoms in total. The summed E-state index contributed by atoms with van der Waals surface area (Å²) in [6.45, 7) is 0. The first-order chi connectivity index (χ1) is 8.83. The molecule has 88 valence electrons. The fraction of sp³-hybridized carbons (Fsp3) is 0. The number of H-pyrrole nitrogens is 1. The number of hydrogen-bond donors (Lipinski definition) is 1. The topological polar surface area (TPSA) is 67.9 Å². The minimum Gasteiger partial charge on any atom is -0.439 e. The number of nitrogens with zero attached hydrogens (tertiary/aromatic N) is 2. The van der Waals surface area contributed by atoms with Gasteiger partial charge in [0.2, 0.25) is 5.88 Å². The summed E-state index contributed by atoms with van der Waals surface area (Å²) in [7, 11) is 0. The maximum Gasteiger partial charge on any atom is 0.273 e. The Morgan fingerprint density at radius 3 is 2.72 bits per heavy atom. The molecule has 2 aromatic heterocycles. The summed E-state index contributed by atoms with van der Waals surface area (Å²) >= 11 is 0. The van der Waals surface area contributed by atoms with E-state index in [0.717, 1.165) is 0 Å². The number of pyridine rings is 1. The lowest BCUT2D eigenvalue weighted by atomic mass is 10.3. The lowest BCUT2D eigenvalue weighted by molar-refractivity contribution is 0.465. The largest absolute Gasteiger partial charge is 0.439 e.